The SMILES string of the molecule is CCc1nc2c(nc1-c1ccccc1)c(OCC(F)(F)F)c(C(=O)O)n2C. The average Bonchev–Trinajstić information content (AvgIpc) is 2.90. The molecule has 1 aromatic carbocycles. The van der Waals surface area contributed by atoms with Gasteiger partial charge in [-0.25, -0.2) is 14.8 Å². The van der Waals surface area contributed by atoms with Gasteiger partial charge in [0.25, 0.3) is 0 Å². The van der Waals surface area contributed by atoms with Gasteiger partial charge in [0.05, 0.1) is 11.4 Å². The van der Waals surface area contributed by atoms with Gasteiger partial charge < -0.3 is 14.4 Å². The molecule has 0 amide bonds. The lowest BCUT2D eigenvalue weighted by atomic mass is 10.1. The first kappa shape index (κ1) is 18.7. The van der Waals surface area contributed by atoms with Gasteiger partial charge in [-0.2, -0.15) is 13.2 Å². The highest BCUT2D eigenvalue weighted by Gasteiger charge is 2.32. The van der Waals surface area contributed by atoms with E-state index in [1.54, 1.807) is 24.3 Å². The molecule has 0 spiro atoms. The summed E-state index contributed by atoms with van der Waals surface area (Å²) in [4.78, 5) is 20.5. The number of hydrogen-bond acceptors (Lipinski definition) is 4. The van der Waals surface area contributed by atoms with Crippen molar-refractivity contribution in [2.75, 3.05) is 6.61 Å². The van der Waals surface area contributed by atoms with E-state index in [2.05, 4.69) is 9.97 Å². The maximum atomic E-state index is 12.6. The fourth-order valence-corrected chi connectivity index (χ4v) is 2.82. The first-order valence-electron chi connectivity index (χ1n) is 8.10. The molecular weight excluding hydrogens is 363 g/mol. The highest BCUT2D eigenvalue weighted by Crippen LogP contribution is 2.34. The van der Waals surface area contributed by atoms with E-state index in [0.29, 0.717) is 17.8 Å². The van der Waals surface area contributed by atoms with E-state index in [0.717, 1.165) is 5.56 Å². The predicted octanol–water partition coefficient (Wildman–Crippen LogP) is 3.84. The van der Waals surface area contributed by atoms with Gasteiger partial charge in [0.1, 0.15) is 0 Å². The van der Waals surface area contributed by atoms with Crippen molar-refractivity contribution in [3.8, 4) is 17.0 Å². The highest BCUT2D eigenvalue weighted by molar-refractivity contribution is 5.98. The van der Waals surface area contributed by atoms with Crippen LogP contribution < -0.4 is 4.74 Å². The van der Waals surface area contributed by atoms with Crippen LogP contribution in [0.25, 0.3) is 22.4 Å². The van der Waals surface area contributed by atoms with Crippen LogP contribution in [0.5, 0.6) is 5.75 Å². The molecule has 3 rings (SSSR count). The minimum absolute atomic E-state index is 0.0183. The average molecular weight is 379 g/mol. The molecule has 142 valence electrons. The van der Waals surface area contributed by atoms with Gasteiger partial charge in [0.15, 0.2) is 29.2 Å². The minimum atomic E-state index is -4.61. The number of alkyl halides is 3. The Morgan fingerprint density at radius 1 is 1.22 bits per heavy atom. The summed E-state index contributed by atoms with van der Waals surface area (Å²) in [6.07, 6.45) is -4.10. The van der Waals surface area contributed by atoms with Crippen LogP contribution in [0.3, 0.4) is 0 Å². The molecule has 0 bridgehead atoms. The summed E-state index contributed by atoms with van der Waals surface area (Å²) in [5, 5.41) is 9.45. The van der Waals surface area contributed by atoms with Crippen molar-refractivity contribution in [3.63, 3.8) is 0 Å². The second-order valence-electron chi connectivity index (χ2n) is 5.86. The molecule has 0 aliphatic heterocycles. The number of hydrogen-bond donors (Lipinski definition) is 1. The lowest BCUT2D eigenvalue weighted by Crippen LogP contribution is -2.20. The molecule has 0 atom stereocenters. The lowest BCUT2D eigenvalue weighted by molar-refractivity contribution is -0.153. The second-order valence-corrected chi connectivity index (χ2v) is 5.86. The smallest absolute Gasteiger partial charge is 0.422 e. The third-order valence-electron chi connectivity index (χ3n) is 4.00. The fraction of sp³-hybridized carbons (Fsp3) is 0.278. The Labute approximate surface area is 152 Å². The predicted molar refractivity (Wildman–Crippen MR) is 91.8 cm³/mol. The van der Waals surface area contributed by atoms with Gasteiger partial charge in [-0.3, -0.25) is 0 Å². The van der Waals surface area contributed by atoms with Gasteiger partial charge in [-0.05, 0) is 6.42 Å². The maximum absolute atomic E-state index is 12.6. The number of carboxylic acids is 1. The van der Waals surface area contributed by atoms with Crippen molar-refractivity contribution in [2.24, 2.45) is 7.05 Å². The lowest BCUT2D eigenvalue weighted by Gasteiger charge is -2.10. The zero-order valence-corrected chi connectivity index (χ0v) is 14.5. The van der Waals surface area contributed by atoms with E-state index >= 15 is 0 Å². The number of aryl methyl sites for hydroxylation is 2. The summed E-state index contributed by atoms with van der Waals surface area (Å²) in [5.74, 6) is -1.86. The van der Waals surface area contributed by atoms with Gasteiger partial charge in [-0.1, -0.05) is 37.3 Å². The molecule has 9 heteroatoms. The first-order valence-corrected chi connectivity index (χ1v) is 8.10. The highest BCUT2D eigenvalue weighted by atomic mass is 19.4. The topological polar surface area (TPSA) is 77.2 Å². The van der Waals surface area contributed by atoms with E-state index in [9.17, 15) is 23.1 Å². The summed E-state index contributed by atoms with van der Waals surface area (Å²) in [6, 6.07) is 9.02. The normalized spacial score (nSPS) is 11.7. The zero-order chi connectivity index (χ0) is 19.8. The monoisotopic (exact) mass is 379 g/mol. The van der Waals surface area contributed by atoms with Crippen molar-refractivity contribution in [2.45, 2.75) is 19.5 Å². The van der Waals surface area contributed by atoms with Crippen LogP contribution in [0.1, 0.15) is 23.1 Å². The Bertz CT molecular complexity index is 998. The second kappa shape index (κ2) is 6.90. The number of nitrogens with zero attached hydrogens (tertiary/aromatic N) is 3. The third kappa shape index (κ3) is 3.57. The molecule has 1 N–H and O–H groups in total. The number of fused-ring (bicyclic) bond motifs is 1. The zero-order valence-electron chi connectivity index (χ0n) is 14.5. The molecular formula is C18H16F3N3O3. The number of rotatable bonds is 5. The number of aromatic nitrogens is 3. The van der Waals surface area contributed by atoms with Crippen molar-refractivity contribution in [1.82, 2.24) is 14.5 Å². The van der Waals surface area contributed by atoms with Crippen molar-refractivity contribution in [3.05, 3.63) is 41.7 Å². The van der Waals surface area contributed by atoms with Crippen LogP contribution in [0, 0.1) is 0 Å². The van der Waals surface area contributed by atoms with Crippen LogP contribution in [0.4, 0.5) is 13.2 Å². The van der Waals surface area contributed by atoms with Crippen LogP contribution >= 0.6 is 0 Å². The third-order valence-corrected chi connectivity index (χ3v) is 4.00. The van der Waals surface area contributed by atoms with Gasteiger partial charge in [0, 0.05) is 12.6 Å². The first-order chi connectivity index (χ1) is 12.7. The standard InChI is InChI=1S/C18H16F3N3O3/c1-3-11-12(10-7-5-4-6-8-10)23-13-15(27-9-18(19,20)21)14(17(25)26)24(2)16(13)22-11/h4-8H,3,9H2,1-2H3,(H,25,26). The molecule has 27 heavy (non-hydrogen) atoms. The number of halogens is 3. The molecule has 0 unspecified atom stereocenters. The van der Waals surface area contributed by atoms with Crippen LogP contribution in [-0.2, 0) is 13.5 Å². The van der Waals surface area contributed by atoms with Crippen LogP contribution in [-0.4, -0.2) is 38.4 Å². The molecule has 0 aliphatic carbocycles. The van der Waals surface area contributed by atoms with E-state index in [-0.39, 0.29) is 11.2 Å². The largest absolute Gasteiger partial charge is 0.479 e. The molecule has 0 saturated carbocycles. The molecule has 0 saturated heterocycles. The summed E-state index contributed by atoms with van der Waals surface area (Å²) in [5.41, 5.74) is 1.52. The number of benzene rings is 1. The van der Waals surface area contributed by atoms with Crippen LogP contribution in [0.15, 0.2) is 30.3 Å². The number of aromatic carboxylic acids is 1. The number of carbonyl (C=O) groups is 1. The molecule has 0 fully saturated rings. The molecule has 2 heterocycles. The molecule has 2 aromatic heterocycles. The van der Waals surface area contributed by atoms with Crippen molar-refractivity contribution >= 4 is 17.1 Å². The van der Waals surface area contributed by atoms with Gasteiger partial charge >= 0.3 is 12.1 Å². The van der Waals surface area contributed by atoms with Crippen molar-refractivity contribution in [1.29, 1.82) is 0 Å². The fourth-order valence-electron chi connectivity index (χ4n) is 2.82. The van der Waals surface area contributed by atoms with E-state index in [1.807, 2.05) is 13.0 Å². The Morgan fingerprint density at radius 3 is 2.44 bits per heavy atom. The quantitative estimate of drug-likeness (QED) is 0.729. The van der Waals surface area contributed by atoms with Gasteiger partial charge in [-0.15, -0.1) is 0 Å². The van der Waals surface area contributed by atoms with E-state index in [1.165, 1.54) is 11.6 Å². The van der Waals surface area contributed by atoms with E-state index < -0.39 is 30.2 Å². The summed E-state index contributed by atoms with van der Waals surface area (Å²) >= 11 is 0. The summed E-state index contributed by atoms with van der Waals surface area (Å²) < 4.78 is 43.9. The number of ether oxygens (including phenoxy) is 1. The summed E-state index contributed by atoms with van der Waals surface area (Å²) in [6.45, 7) is 0.245. The number of carboxylic acid groups (broad SMARTS) is 1. The molecule has 0 radical (unpaired) electrons. The summed E-state index contributed by atoms with van der Waals surface area (Å²) in [7, 11) is 1.41. The maximum Gasteiger partial charge on any atom is 0.422 e. The van der Waals surface area contributed by atoms with Gasteiger partial charge in [0.2, 0.25) is 0 Å². The van der Waals surface area contributed by atoms with E-state index in [4.69, 9.17) is 4.74 Å². The van der Waals surface area contributed by atoms with Crippen molar-refractivity contribution < 1.29 is 27.8 Å². The molecule has 6 nitrogen and oxygen atoms in total. The minimum Gasteiger partial charge on any atom is -0.479 e. The molecule has 0 aliphatic rings. The van der Waals surface area contributed by atoms with Crippen LogP contribution in [0.2, 0.25) is 0 Å². The Kier molecular flexibility index (Phi) is 4.77. The Balaban J connectivity index is 2.28. The Hall–Kier alpha value is -3.10. The molecule has 3 aromatic rings. The Morgan fingerprint density at radius 2 is 1.89 bits per heavy atom.